The standard InChI is InChI=1S/C25H20ClN3O3/c1-31-22-11-20-21(12-23(22)32-2)29(15-17-6-4-8-19(26)10-17)24(30)14-28-25(20)18-7-3-5-16(9-18)13-27/h3-12H,14-15H2,1-2H3. The SMILES string of the molecule is COc1cc2c(cc1OC)N(Cc1cccc(Cl)c1)C(=O)CN=C2c1cccc(C#N)c1. The molecule has 1 aliphatic rings. The van der Waals surface area contributed by atoms with E-state index in [9.17, 15) is 10.1 Å². The van der Waals surface area contributed by atoms with Crippen LogP contribution in [0, 0.1) is 11.3 Å². The minimum Gasteiger partial charge on any atom is -0.493 e. The van der Waals surface area contributed by atoms with Crippen molar-refractivity contribution in [2.75, 3.05) is 25.7 Å². The lowest BCUT2D eigenvalue weighted by Gasteiger charge is -2.25. The van der Waals surface area contributed by atoms with Crippen LogP contribution in [0.4, 0.5) is 5.69 Å². The van der Waals surface area contributed by atoms with Crippen LogP contribution in [0.25, 0.3) is 0 Å². The molecule has 6 nitrogen and oxygen atoms in total. The van der Waals surface area contributed by atoms with Crippen molar-refractivity contribution >= 4 is 28.9 Å². The first-order valence-corrected chi connectivity index (χ1v) is 10.3. The van der Waals surface area contributed by atoms with Crippen LogP contribution >= 0.6 is 11.6 Å². The second-order valence-corrected chi connectivity index (χ2v) is 7.63. The number of halogens is 1. The highest BCUT2D eigenvalue weighted by molar-refractivity contribution is 6.30. The number of ether oxygens (including phenoxy) is 2. The van der Waals surface area contributed by atoms with E-state index in [1.807, 2.05) is 30.3 Å². The molecule has 1 aliphatic heterocycles. The highest BCUT2D eigenvalue weighted by Crippen LogP contribution is 2.38. The molecule has 32 heavy (non-hydrogen) atoms. The molecular formula is C25H20ClN3O3. The maximum Gasteiger partial charge on any atom is 0.248 e. The molecule has 0 bridgehead atoms. The van der Waals surface area contributed by atoms with Crippen LogP contribution in [0.3, 0.4) is 0 Å². The summed E-state index contributed by atoms with van der Waals surface area (Å²) in [6.45, 7) is 0.287. The number of hydrogen-bond donors (Lipinski definition) is 0. The van der Waals surface area contributed by atoms with E-state index in [1.165, 1.54) is 0 Å². The predicted molar refractivity (Wildman–Crippen MR) is 124 cm³/mol. The fraction of sp³-hybridized carbons (Fsp3) is 0.160. The first kappa shape index (κ1) is 21.4. The molecule has 0 atom stereocenters. The van der Waals surface area contributed by atoms with Gasteiger partial charge < -0.3 is 14.4 Å². The minimum absolute atomic E-state index is 0.0357. The van der Waals surface area contributed by atoms with Crippen LogP contribution in [0.1, 0.15) is 22.3 Å². The molecule has 0 unspecified atom stereocenters. The van der Waals surface area contributed by atoms with Crippen LogP contribution < -0.4 is 14.4 Å². The van der Waals surface area contributed by atoms with Crippen molar-refractivity contribution in [3.8, 4) is 17.6 Å². The lowest BCUT2D eigenvalue weighted by molar-refractivity contribution is -0.117. The Labute approximate surface area is 191 Å². The Kier molecular flexibility index (Phi) is 6.11. The molecule has 0 aliphatic carbocycles. The number of methoxy groups -OCH3 is 2. The van der Waals surface area contributed by atoms with E-state index in [4.69, 9.17) is 21.1 Å². The maximum atomic E-state index is 13.2. The van der Waals surface area contributed by atoms with E-state index >= 15 is 0 Å². The zero-order valence-electron chi connectivity index (χ0n) is 17.6. The Morgan fingerprint density at radius 2 is 1.81 bits per heavy atom. The number of hydrogen-bond acceptors (Lipinski definition) is 5. The number of benzodiazepines with no additional fused rings is 1. The normalized spacial score (nSPS) is 13.0. The molecule has 3 aromatic carbocycles. The second-order valence-electron chi connectivity index (χ2n) is 7.19. The number of amides is 1. The van der Waals surface area contributed by atoms with Crippen molar-refractivity contribution in [3.05, 3.63) is 87.9 Å². The van der Waals surface area contributed by atoms with Gasteiger partial charge in [-0.1, -0.05) is 35.9 Å². The molecule has 0 fully saturated rings. The Balaban J connectivity index is 1.90. The van der Waals surface area contributed by atoms with Crippen LogP contribution in [-0.4, -0.2) is 32.4 Å². The van der Waals surface area contributed by atoms with Crippen LogP contribution in [0.15, 0.2) is 65.7 Å². The zero-order valence-corrected chi connectivity index (χ0v) is 18.4. The lowest BCUT2D eigenvalue weighted by Crippen LogP contribution is -2.32. The third-order valence-electron chi connectivity index (χ3n) is 5.22. The fourth-order valence-electron chi connectivity index (χ4n) is 3.71. The Hall–Kier alpha value is -3.82. The number of benzene rings is 3. The number of rotatable bonds is 5. The van der Waals surface area contributed by atoms with Gasteiger partial charge in [0.25, 0.3) is 0 Å². The van der Waals surface area contributed by atoms with Gasteiger partial charge in [-0.05, 0) is 35.9 Å². The predicted octanol–water partition coefficient (Wildman–Crippen LogP) is 4.61. The summed E-state index contributed by atoms with van der Waals surface area (Å²) in [4.78, 5) is 19.5. The maximum absolute atomic E-state index is 13.2. The largest absolute Gasteiger partial charge is 0.493 e. The Morgan fingerprint density at radius 1 is 1.06 bits per heavy atom. The molecular weight excluding hydrogens is 426 g/mol. The summed E-state index contributed by atoms with van der Waals surface area (Å²) in [6, 6.07) is 20.3. The number of fused-ring (bicyclic) bond motifs is 1. The second kappa shape index (κ2) is 9.13. The average molecular weight is 446 g/mol. The van der Waals surface area contributed by atoms with Gasteiger partial charge in [0.2, 0.25) is 5.91 Å². The van der Waals surface area contributed by atoms with E-state index in [2.05, 4.69) is 11.1 Å². The third-order valence-corrected chi connectivity index (χ3v) is 5.45. The molecule has 4 rings (SSSR count). The molecule has 0 saturated carbocycles. The van der Waals surface area contributed by atoms with Gasteiger partial charge in [-0.15, -0.1) is 0 Å². The summed E-state index contributed by atoms with van der Waals surface area (Å²) in [5.41, 5.74) is 4.12. The van der Waals surface area contributed by atoms with Crippen molar-refractivity contribution in [1.82, 2.24) is 0 Å². The van der Waals surface area contributed by atoms with Crippen molar-refractivity contribution in [2.45, 2.75) is 6.54 Å². The summed E-state index contributed by atoms with van der Waals surface area (Å²) in [5, 5.41) is 9.93. The molecule has 3 aromatic rings. The molecule has 0 saturated heterocycles. The lowest BCUT2D eigenvalue weighted by atomic mass is 9.98. The number of aliphatic imine (C=N–C) groups is 1. The van der Waals surface area contributed by atoms with Crippen LogP contribution in [0.5, 0.6) is 11.5 Å². The van der Waals surface area contributed by atoms with E-state index in [0.29, 0.717) is 45.6 Å². The van der Waals surface area contributed by atoms with Gasteiger partial charge in [0, 0.05) is 22.2 Å². The Morgan fingerprint density at radius 3 is 2.53 bits per heavy atom. The summed E-state index contributed by atoms with van der Waals surface area (Å²) >= 11 is 6.16. The number of anilines is 1. The van der Waals surface area contributed by atoms with Gasteiger partial charge in [0.05, 0.1) is 43.8 Å². The van der Waals surface area contributed by atoms with Crippen LogP contribution in [-0.2, 0) is 11.3 Å². The molecule has 1 amide bonds. The first-order valence-electron chi connectivity index (χ1n) is 9.90. The molecule has 0 aromatic heterocycles. The minimum atomic E-state index is -0.162. The van der Waals surface area contributed by atoms with E-state index < -0.39 is 0 Å². The highest BCUT2D eigenvalue weighted by atomic mass is 35.5. The molecule has 0 radical (unpaired) electrons. The average Bonchev–Trinajstić information content (AvgIpc) is 2.94. The summed E-state index contributed by atoms with van der Waals surface area (Å²) < 4.78 is 11.0. The van der Waals surface area contributed by atoms with Crippen LogP contribution in [0.2, 0.25) is 5.02 Å². The van der Waals surface area contributed by atoms with Gasteiger partial charge >= 0.3 is 0 Å². The molecule has 160 valence electrons. The van der Waals surface area contributed by atoms with Gasteiger partial charge in [-0.25, -0.2) is 0 Å². The quantitative estimate of drug-likeness (QED) is 0.574. The summed E-state index contributed by atoms with van der Waals surface area (Å²) in [7, 11) is 3.11. The number of nitrogens with zero attached hydrogens (tertiary/aromatic N) is 3. The Bertz CT molecular complexity index is 1260. The zero-order chi connectivity index (χ0) is 22.7. The highest BCUT2D eigenvalue weighted by Gasteiger charge is 2.28. The first-order chi connectivity index (χ1) is 15.5. The molecule has 7 heteroatoms. The van der Waals surface area contributed by atoms with Gasteiger partial charge in [-0.3, -0.25) is 9.79 Å². The number of nitriles is 1. The third kappa shape index (κ3) is 4.16. The number of carbonyl (C=O) groups excluding carboxylic acids is 1. The van der Waals surface area contributed by atoms with Crippen molar-refractivity contribution < 1.29 is 14.3 Å². The number of carbonyl (C=O) groups is 1. The van der Waals surface area contributed by atoms with Crippen molar-refractivity contribution in [3.63, 3.8) is 0 Å². The summed E-state index contributed by atoms with van der Waals surface area (Å²) in [5.74, 6) is 0.861. The smallest absolute Gasteiger partial charge is 0.248 e. The topological polar surface area (TPSA) is 74.9 Å². The molecule has 1 heterocycles. The molecule has 0 spiro atoms. The van der Waals surface area contributed by atoms with E-state index in [1.54, 1.807) is 49.5 Å². The van der Waals surface area contributed by atoms with Gasteiger partial charge in [0.15, 0.2) is 11.5 Å². The summed E-state index contributed by atoms with van der Waals surface area (Å²) in [6.07, 6.45) is 0. The molecule has 0 N–H and O–H groups in total. The van der Waals surface area contributed by atoms with Gasteiger partial charge in [0.1, 0.15) is 6.54 Å². The van der Waals surface area contributed by atoms with E-state index in [0.717, 1.165) is 11.1 Å². The van der Waals surface area contributed by atoms with Gasteiger partial charge in [-0.2, -0.15) is 5.26 Å². The monoisotopic (exact) mass is 445 g/mol. The van der Waals surface area contributed by atoms with Crippen molar-refractivity contribution in [1.29, 1.82) is 5.26 Å². The van der Waals surface area contributed by atoms with Crippen molar-refractivity contribution in [2.24, 2.45) is 4.99 Å². The fourth-order valence-corrected chi connectivity index (χ4v) is 3.92. The van der Waals surface area contributed by atoms with E-state index in [-0.39, 0.29) is 12.5 Å².